The van der Waals surface area contributed by atoms with Gasteiger partial charge in [0.15, 0.2) is 5.96 Å². The van der Waals surface area contributed by atoms with Crippen molar-refractivity contribution >= 4 is 35.9 Å². The summed E-state index contributed by atoms with van der Waals surface area (Å²) in [6, 6.07) is 6.66. The molecule has 0 atom stereocenters. The Hall–Kier alpha value is -2.55. The number of halogens is 4. The average Bonchev–Trinajstić information content (AvgIpc) is 2.71. The molecular formula is C19H20F3IN6. The molecular weight excluding hydrogens is 496 g/mol. The van der Waals surface area contributed by atoms with E-state index in [0.29, 0.717) is 30.6 Å². The third-order valence-corrected chi connectivity index (χ3v) is 4.18. The number of nitrogens with two attached hydrogens (primary N) is 1. The first-order valence-corrected chi connectivity index (χ1v) is 8.66. The van der Waals surface area contributed by atoms with Gasteiger partial charge in [0.2, 0.25) is 5.95 Å². The van der Waals surface area contributed by atoms with Gasteiger partial charge in [-0.1, -0.05) is 17.9 Å². The predicted molar refractivity (Wildman–Crippen MR) is 116 cm³/mol. The first kappa shape index (κ1) is 22.7. The van der Waals surface area contributed by atoms with Crippen molar-refractivity contribution in [2.75, 3.05) is 37.6 Å². The topological polar surface area (TPSA) is 70.6 Å². The Morgan fingerprint density at radius 2 is 1.79 bits per heavy atom. The number of alkyl halides is 3. The Morgan fingerprint density at radius 1 is 1.10 bits per heavy atom. The maximum Gasteiger partial charge on any atom is 0.416 e. The molecule has 1 saturated heterocycles. The Balaban J connectivity index is 0.00000300. The molecule has 1 aliphatic rings. The number of nitrogens with zero attached hydrogens (tertiary/aromatic N) is 5. The smallest absolute Gasteiger partial charge is 0.370 e. The normalized spacial score (nSPS) is 14.7. The Morgan fingerprint density at radius 3 is 2.45 bits per heavy atom. The van der Waals surface area contributed by atoms with E-state index in [4.69, 9.17) is 5.73 Å². The number of aliphatic imine (C=N–C) groups is 1. The molecule has 154 valence electrons. The summed E-state index contributed by atoms with van der Waals surface area (Å²) in [4.78, 5) is 16.7. The summed E-state index contributed by atoms with van der Waals surface area (Å²) in [6.07, 6.45) is -0.978. The SMILES string of the molecule is I.NC(=NCC#Cc1cccc(C(F)(F)F)c1)N1CCN(c2ncccn2)CC1. The van der Waals surface area contributed by atoms with Crippen LogP contribution in [0.15, 0.2) is 47.7 Å². The second kappa shape index (κ2) is 10.3. The lowest BCUT2D eigenvalue weighted by Crippen LogP contribution is -2.51. The van der Waals surface area contributed by atoms with Gasteiger partial charge in [-0.05, 0) is 24.3 Å². The molecule has 3 rings (SSSR count). The molecule has 1 aromatic carbocycles. The summed E-state index contributed by atoms with van der Waals surface area (Å²) < 4.78 is 38.1. The third-order valence-electron chi connectivity index (χ3n) is 4.18. The number of rotatable bonds is 2. The number of hydrogen-bond donors (Lipinski definition) is 1. The second-order valence-corrected chi connectivity index (χ2v) is 6.08. The second-order valence-electron chi connectivity index (χ2n) is 6.08. The maximum absolute atomic E-state index is 12.7. The van der Waals surface area contributed by atoms with Gasteiger partial charge in [0.1, 0.15) is 6.54 Å². The van der Waals surface area contributed by atoms with Crippen LogP contribution in [0.1, 0.15) is 11.1 Å². The Bertz CT molecular complexity index is 884. The van der Waals surface area contributed by atoms with Gasteiger partial charge in [-0.3, -0.25) is 0 Å². The van der Waals surface area contributed by atoms with Crippen LogP contribution < -0.4 is 10.6 Å². The van der Waals surface area contributed by atoms with E-state index >= 15 is 0 Å². The number of guanidine groups is 1. The number of anilines is 1. The van der Waals surface area contributed by atoms with Gasteiger partial charge in [0, 0.05) is 44.1 Å². The van der Waals surface area contributed by atoms with Gasteiger partial charge in [-0.15, -0.1) is 24.0 Å². The molecule has 2 N–H and O–H groups in total. The molecule has 1 aliphatic heterocycles. The minimum atomic E-state index is -4.38. The lowest BCUT2D eigenvalue weighted by atomic mass is 10.1. The van der Waals surface area contributed by atoms with E-state index in [1.165, 1.54) is 12.1 Å². The monoisotopic (exact) mass is 516 g/mol. The zero-order chi connectivity index (χ0) is 20.0. The minimum absolute atomic E-state index is 0. The summed E-state index contributed by atoms with van der Waals surface area (Å²) in [5.74, 6) is 6.48. The molecule has 1 fully saturated rings. The predicted octanol–water partition coefficient (Wildman–Crippen LogP) is 2.60. The zero-order valence-electron chi connectivity index (χ0n) is 15.4. The van der Waals surface area contributed by atoms with Crippen LogP contribution in [0.25, 0.3) is 0 Å². The fourth-order valence-electron chi connectivity index (χ4n) is 2.73. The van der Waals surface area contributed by atoms with E-state index in [-0.39, 0.29) is 30.5 Å². The van der Waals surface area contributed by atoms with Crippen molar-refractivity contribution in [1.29, 1.82) is 0 Å². The number of benzene rings is 1. The lowest BCUT2D eigenvalue weighted by molar-refractivity contribution is -0.137. The summed E-state index contributed by atoms with van der Waals surface area (Å²) in [6.45, 7) is 2.90. The van der Waals surface area contributed by atoms with Crippen molar-refractivity contribution in [3.63, 3.8) is 0 Å². The van der Waals surface area contributed by atoms with Crippen molar-refractivity contribution in [3.05, 3.63) is 53.9 Å². The molecule has 0 aliphatic carbocycles. The zero-order valence-corrected chi connectivity index (χ0v) is 17.8. The summed E-state index contributed by atoms with van der Waals surface area (Å²) in [5.41, 5.74) is 5.57. The lowest BCUT2D eigenvalue weighted by Gasteiger charge is -2.35. The van der Waals surface area contributed by atoms with Crippen LogP contribution in [-0.4, -0.2) is 53.6 Å². The van der Waals surface area contributed by atoms with Crippen molar-refractivity contribution in [1.82, 2.24) is 14.9 Å². The Labute approximate surface area is 184 Å². The number of hydrogen-bond acceptors (Lipinski definition) is 4. The third kappa shape index (κ3) is 6.49. The molecule has 0 amide bonds. The van der Waals surface area contributed by atoms with Gasteiger partial charge in [0.05, 0.1) is 5.56 Å². The van der Waals surface area contributed by atoms with E-state index in [9.17, 15) is 13.2 Å². The molecule has 6 nitrogen and oxygen atoms in total. The van der Waals surface area contributed by atoms with Gasteiger partial charge in [-0.2, -0.15) is 13.2 Å². The van der Waals surface area contributed by atoms with Gasteiger partial charge < -0.3 is 15.5 Å². The standard InChI is InChI=1S/C19H19F3N6.HI/c20-19(21,22)16-6-1-4-15(14-16)5-2-7-24-17(23)27-10-12-28(13-11-27)18-25-8-3-9-26-18;/h1,3-4,6,8-9,14H,7,10-13H2,(H2,23,24);1H. The minimum Gasteiger partial charge on any atom is -0.370 e. The van der Waals surface area contributed by atoms with Gasteiger partial charge >= 0.3 is 6.18 Å². The fraction of sp³-hybridized carbons (Fsp3) is 0.316. The molecule has 10 heteroatoms. The molecule has 0 saturated carbocycles. The van der Waals surface area contributed by atoms with Crippen molar-refractivity contribution in [2.24, 2.45) is 10.7 Å². The first-order chi connectivity index (χ1) is 13.4. The van der Waals surface area contributed by atoms with Crippen molar-refractivity contribution in [2.45, 2.75) is 6.18 Å². The average molecular weight is 516 g/mol. The van der Waals surface area contributed by atoms with Crippen LogP contribution in [0, 0.1) is 11.8 Å². The summed E-state index contributed by atoms with van der Waals surface area (Å²) >= 11 is 0. The molecule has 2 aromatic rings. The van der Waals surface area contributed by atoms with Crippen LogP contribution >= 0.6 is 24.0 Å². The van der Waals surface area contributed by atoms with E-state index in [2.05, 4.69) is 31.7 Å². The molecule has 1 aromatic heterocycles. The van der Waals surface area contributed by atoms with Crippen molar-refractivity contribution < 1.29 is 13.2 Å². The first-order valence-electron chi connectivity index (χ1n) is 8.66. The highest BCUT2D eigenvalue weighted by Gasteiger charge is 2.30. The van der Waals surface area contributed by atoms with Crippen LogP contribution in [0.5, 0.6) is 0 Å². The summed E-state index contributed by atoms with van der Waals surface area (Å²) in [7, 11) is 0. The number of aromatic nitrogens is 2. The summed E-state index contributed by atoms with van der Waals surface area (Å²) in [5, 5.41) is 0. The molecule has 0 spiro atoms. The quantitative estimate of drug-likeness (QED) is 0.288. The van der Waals surface area contributed by atoms with Crippen LogP contribution in [0.2, 0.25) is 0 Å². The van der Waals surface area contributed by atoms with E-state index < -0.39 is 11.7 Å². The molecule has 0 unspecified atom stereocenters. The highest BCUT2D eigenvalue weighted by Crippen LogP contribution is 2.29. The van der Waals surface area contributed by atoms with Crippen LogP contribution in [-0.2, 0) is 6.18 Å². The van der Waals surface area contributed by atoms with Crippen LogP contribution in [0.3, 0.4) is 0 Å². The van der Waals surface area contributed by atoms with Gasteiger partial charge in [0.25, 0.3) is 0 Å². The largest absolute Gasteiger partial charge is 0.416 e. The highest BCUT2D eigenvalue weighted by atomic mass is 127. The van der Waals surface area contributed by atoms with Crippen molar-refractivity contribution in [3.8, 4) is 11.8 Å². The highest BCUT2D eigenvalue weighted by molar-refractivity contribution is 14.0. The molecule has 2 heterocycles. The molecule has 0 radical (unpaired) electrons. The van der Waals surface area contributed by atoms with E-state index in [0.717, 1.165) is 25.2 Å². The van der Waals surface area contributed by atoms with Crippen LogP contribution in [0.4, 0.5) is 19.1 Å². The van der Waals surface area contributed by atoms with E-state index in [1.54, 1.807) is 18.5 Å². The Kier molecular flexibility index (Phi) is 8.07. The fourth-order valence-corrected chi connectivity index (χ4v) is 2.73. The maximum atomic E-state index is 12.7. The molecule has 29 heavy (non-hydrogen) atoms. The molecule has 0 bridgehead atoms. The van der Waals surface area contributed by atoms with Gasteiger partial charge in [-0.25, -0.2) is 15.0 Å². The number of piperazine rings is 1. The van der Waals surface area contributed by atoms with E-state index in [1.807, 2.05) is 4.90 Å².